The lowest BCUT2D eigenvalue weighted by molar-refractivity contribution is -0.131. The van der Waals surface area contributed by atoms with Gasteiger partial charge in [0.2, 0.25) is 11.9 Å². The van der Waals surface area contributed by atoms with E-state index in [4.69, 9.17) is 20.9 Å². The highest BCUT2D eigenvalue weighted by Crippen LogP contribution is 2.37. The zero-order chi connectivity index (χ0) is 25.3. The van der Waals surface area contributed by atoms with E-state index < -0.39 is 23.5 Å². The van der Waals surface area contributed by atoms with E-state index in [1.165, 1.54) is 26.4 Å². The van der Waals surface area contributed by atoms with Crippen LogP contribution in [-0.4, -0.2) is 61.2 Å². The molecular weight excluding hydrogens is 465 g/mol. The Kier molecular flexibility index (Phi) is 6.83. The summed E-state index contributed by atoms with van der Waals surface area (Å²) in [4.78, 5) is 24.8. The maximum atomic E-state index is 15.0. The van der Waals surface area contributed by atoms with Crippen LogP contribution in [0.25, 0.3) is 10.9 Å². The van der Waals surface area contributed by atoms with Gasteiger partial charge in [-0.3, -0.25) is 4.79 Å². The second kappa shape index (κ2) is 9.82. The lowest BCUT2D eigenvalue weighted by Crippen LogP contribution is -2.49. The Morgan fingerprint density at radius 1 is 1.06 bits per heavy atom. The number of nitrogens with zero attached hydrogens (tertiary/aromatic N) is 4. The first-order valence-electron chi connectivity index (χ1n) is 10.8. The normalized spacial score (nSPS) is 14.8. The number of amides is 1. The van der Waals surface area contributed by atoms with Crippen LogP contribution in [0.1, 0.15) is 18.0 Å². The molecule has 2 aromatic carbocycles. The summed E-state index contributed by atoms with van der Waals surface area (Å²) in [6, 6.07) is 4.09. The standard InChI is InChI=1S/C23H25F3N6O3/c1-34-17-10-13-20(19(26)21(17)35-2)29-23(30-22(13)28)32-7-5-31(6-8-32)18(33)11-16(27)12-3-4-14(24)15(25)9-12/h3-4,9-10,16H,5-8,11,27H2,1-2H3,(H2,28,29,30)/t16-/m1/s1. The Bertz CT molecular complexity index is 1270. The molecule has 1 aliphatic rings. The van der Waals surface area contributed by atoms with Crippen molar-refractivity contribution in [3.05, 3.63) is 47.3 Å². The number of piperazine rings is 1. The van der Waals surface area contributed by atoms with Crippen LogP contribution in [0, 0.1) is 17.5 Å². The van der Waals surface area contributed by atoms with Gasteiger partial charge in [-0.05, 0) is 23.8 Å². The highest BCUT2D eigenvalue weighted by Gasteiger charge is 2.26. The summed E-state index contributed by atoms with van der Waals surface area (Å²) in [6.07, 6.45) is -0.0582. The van der Waals surface area contributed by atoms with Crippen LogP contribution in [-0.2, 0) is 4.79 Å². The van der Waals surface area contributed by atoms with Gasteiger partial charge in [0.25, 0.3) is 0 Å². The van der Waals surface area contributed by atoms with Gasteiger partial charge in [0.1, 0.15) is 11.3 Å². The summed E-state index contributed by atoms with van der Waals surface area (Å²) >= 11 is 0. The average Bonchev–Trinajstić information content (AvgIpc) is 2.85. The van der Waals surface area contributed by atoms with Crippen LogP contribution in [0.2, 0.25) is 0 Å². The largest absolute Gasteiger partial charge is 0.493 e. The lowest BCUT2D eigenvalue weighted by atomic mass is 10.0. The van der Waals surface area contributed by atoms with Crippen molar-refractivity contribution >= 4 is 28.6 Å². The van der Waals surface area contributed by atoms with E-state index in [2.05, 4.69) is 9.97 Å². The predicted molar refractivity (Wildman–Crippen MR) is 124 cm³/mol. The van der Waals surface area contributed by atoms with E-state index in [0.717, 1.165) is 12.1 Å². The molecule has 0 saturated carbocycles. The molecule has 4 N–H and O–H groups in total. The number of hydrogen-bond acceptors (Lipinski definition) is 8. The summed E-state index contributed by atoms with van der Waals surface area (Å²) in [6.45, 7) is 1.45. The number of rotatable bonds is 6. The number of nitrogens with two attached hydrogens (primary N) is 2. The van der Waals surface area contributed by atoms with Crippen LogP contribution < -0.4 is 25.8 Å². The van der Waals surface area contributed by atoms with Gasteiger partial charge in [-0.25, -0.2) is 18.2 Å². The number of aromatic nitrogens is 2. The summed E-state index contributed by atoms with van der Waals surface area (Å²) in [5.41, 5.74) is 12.5. The third kappa shape index (κ3) is 4.74. The Morgan fingerprint density at radius 3 is 2.40 bits per heavy atom. The minimum absolute atomic E-state index is 0.00107. The van der Waals surface area contributed by atoms with Crippen molar-refractivity contribution in [2.45, 2.75) is 12.5 Å². The molecule has 2 heterocycles. The first kappa shape index (κ1) is 24.3. The number of anilines is 2. The first-order valence-corrected chi connectivity index (χ1v) is 10.8. The second-order valence-corrected chi connectivity index (χ2v) is 8.08. The maximum absolute atomic E-state index is 15.0. The van der Waals surface area contributed by atoms with Crippen molar-refractivity contribution < 1.29 is 27.4 Å². The zero-order valence-corrected chi connectivity index (χ0v) is 19.2. The molecule has 1 atom stereocenters. The van der Waals surface area contributed by atoms with Crippen LogP contribution in [0.15, 0.2) is 24.3 Å². The van der Waals surface area contributed by atoms with E-state index in [-0.39, 0.29) is 41.1 Å². The van der Waals surface area contributed by atoms with Crippen molar-refractivity contribution in [1.29, 1.82) is 0 Å². The molecule has 1 fully saturated rings. The number of nitrogen functional groups attached to an aromatic ring is 1. The Hall–Kier alpha value is -3.80. The fraction of sp³-hybridized carbons (Fsp3) is 0.348. The summed E-state index contributed by atoms with van der Waals surface area (Å²) in [7, 11) is 2.72. The average molecular weight is 490 g/mol. The fourth-order valence-corrected chi connectivity index (χ4v) is 4.01. The number of ether oxygens (including phenoxy) is 2. The summed E-state index contributed by atoms with van der Waals surface area (Å²) < 4.78 is 51.9. The number of halogens is 3. The minimum atomic E-state index is -1.01. The predicted octanol–water partition coefficient (Wildman–Crippen LogP) is 2.39. The Labute approximate surface area is 199 Å². The minimum Gasteiger partial charge on any atom is -0.493 e. The van der Waals surface area contributed by atoms with Crippen molar-refractivity contribution in [2.75, 3.05) is 51.0 Å². The molecule has 186 valence electrons. The van der Waals surface area contributed by atoms with Crippen molar-refractivity contribution in [3.63, 3.8) is 0 Å². The van der Waals surface area contributed by atoms with Gasteiger partial charge >= 0.3 is 0 Å². The van der Waals surface area contributed by atoms with Gasteiger partial charge in [-0.2, -0.15) is 4.98 Å². The maximum Gasteiger partial charge on any atom is 0.228 e. The van der Waals surface area contributed by atoms with E-state index in [0.29, 0.717) is 37.1 Å². The summed E-state index contributed by atoms with van der Waals surface area (Å²) in [5, 5.41) is 0.295. The SMILES string of the molecule is COc1cc2c(N)nc(N3CCN(C(=O)C[C@@H](N)c4ccc(F)c(F)c4)CC3)nc2c(F)c1OC. The third-order valence-corrected chi connectivity index (χ3v) is 5.98. The van der Waals surface area contributed by atoms with Crippen molar-refractivity contribution in [1.82, 2.24) is 14.9 Å². The topological polar surface area (TPSA) is 120 Å². The monoisotopic (exact) mass is 490 g/mol. The van der Waals surface area contributed by atoms with Crippen molar-refractivity contribution in [3.8, 4) is 11.5 Å². The molecule has 0 spiro atoms. The molecule has 1 aliphatic heterocycles. The number of benzene rings is 2. The lowest BCUT2D eigenvalue weighted by Gasteiger charge is -2.35. The van der Waals surface area contributed by atoms with Crippen LogP contribution in [0.4, 0.5) is 24.9 Å². The molecule has 12 heteroatoms. The molecule has 9 nitrogen and oxygen atoms in total. The van der Waals surface area contributed by atoms with E-state index in [1.54, 1.807) is 9.80 Å². The van der Waals surface area contributed by atoms with Gasteiger partial charge < -0.3 is 30.7 Å². The highest BCUT2D eigenvalue weighted by atomic mass is 19.2. The van der Waals surface area contributed by atoms with Gasteiger partial charge in [0, 0.05) is 44.0 Å². The van der Waals surface area contributed by atoms with Gasteiger partial charge in [0.05, 0.1) is 14.2 Å². The Morgan fingerprint density at radius 2 is 1.77 bits per heavy atom. The number of hydrogen-bond donors (Lipinski definition) is 2. The zero-order valence-electron chi connectivity index (χ0n) is 19.2. The summed E-state index contributed by atoms with van der Waals surface area (Å²) in [5.74, 6) is -2.52. The fourth-order valence-electron chi connectivity index (χ4n) is 4.01. The van der Waals surface area contributed by atoms with Gasteiger partial charge in [-0.15, -0.1) is 0 Å². The third-order valence-electron chi connectivity index (χ3n) is 5.98. The molecule has 0 unspecified atom stereocenters. The molecule has 3 aromatic rings. The molecule has 1 amide bonds. The second-order valence-electron chi connectivity index (χ2n) is 8.08. The van der Waals surface area contributed by atoms with Gasteiger partial charge in [0.15, 0.2) is 29.0 Å². The van der Waals surface area contributed by atoms with Crippen LogP contribution in [0.5, 0.6) is 11.5 Å². The smallest absolute Gasteiger partial charge is 0.228 e. The molecule has 0 bridgehead atoms. The molecule has 0 radical (unpaired) electrons. The van der Waals surface area contributed by atoms with Crippen molar-refractivity contribution in [2.24, 2.45) is 5.73 Å². The number of fused-ring (bicyclic) bond motifs is 1. The molecule has 4 rings (SSSR count). The van der Waals surface area contributed by atoms with E-state index in [1.807, 2.05) is 0 Å². The molecule has 1 aromatic heterocycles. The van der Waals surface area contributed by atoms with Gasteiger partial charge in [-0.1, -0.05) is 6.07 Å². The number of carbonyl (C=O) groups is 1. The number of methoxy groups -OCH3 is 2. The number of carbonyl (C=O) groups excluding carboxylic acids is 1. The van der Waals surface area contributed by atoms with E-state index >= 15 is 4.39 Å². The highest BCUT2D eigenvalue weighted by molar-refractivity contribution is 5.92. The molecular formula is C23H25F3N6O3. The van der Waals surface area contributed by atoms with Crippen LogP contribution in [0.3, 0.4) is 0 Å². The molecule has 0 aliphatic carbocycles. The van der Waals surface area contributed by atoms with Crippen LogP contribution >= 0.6 is 0 Å². The first-order chi connectivity index (χ1) is 16.7. The quantitative estimate of drug-likeness (QED) is 0.541. The molecule has 35 heavy (non-hydrogen) atoms. The van der Waals surface area contributed by atoms with E-state index in [9.17, 15) is 13.6 Å². The Balaban J connectivity index is 1.46. The molecule has 1 saturated heterocycles.